The molecule has 4 nitrogen and oxygen atoms in total. The molecule has 3 N–H and O–H groups in total. The van der Waals surface area contributed by atoms with Crippen molar-refractivity contribution >= 4 is 11.6 Å². The number of carbonyl (C=O) groups excluding carboxylic acids is 1. The molecule has 110 valence electrons. The standard InChI is InChI=1S/C17H20N2O2/c18-12-15-7-4-8-16(11-15)19-17(20)13-21-10-9-14-5-2-1-3-6-14/h1-8,11H,9-10,12-13,18H2,(H,19,20). The van der Waals surface area contributed by atoms with Crippen LogP contribution in [0.3, 0.4) is 0 Å². The van der Waals surface area contributed by atoms with Crippen LogP contribution in [0, 0.1) is 0 Å². The van der Waals surface area contributed by atoms with E-state index in [9.17, 15) is 4.79 Å². The van der Waals surface area contributed by atoms with Crippen molar-refractivity contribution in [2.45, 2.75) is 13.0 Å². The highest BCUT2D eigenvalue weighted by Gasteiger charge is 2.03. The number of benzene rings is 2. The number of rotatable bonds is 7. The van der Waals surface area contributed by atoms with Crippen LogP contribution in [-0.2, 0) is 22.5 Å². The van der Waals surface area contributed by atoms with Gasteiger partial charge in [0.05, 0.1) is 6.61 Å². The van der Waals surface area contributed by atoms with E-state index in [2.05, 4.69) is 5.32 Å². The van der Waals surface area contributed by atoms with E-state index in [1.54, 1.807) is 0 Å². The number of nitrogens with two attached hydrogens (primary N) is 1. The van der Waals surface area contributed by atoms with Crippen LogP contribution in [0.1, 0.15) is 11.1 Å². The van der Waals surface area contributed by atoms with Gasteiger partial charge in [0.25, 0.3) is 0 Å². The summed E-state index contributed by atoms with van der Waals surface area (Å²) in [5.41, 5.74) is 8.50. The van der Waals surface area contributed by atoms with Crippen molar-refractivity contribution in [2.24, 2.45) is 5.73 Å². The summed E-state index contributed by atoms with van der Waals surface area (Å²) in [6.07, 6.45) is 0.802. The molecular formula is C17H20N2O2. The molecule has 0 atom stereocenters. The summed E-state index contributed by atoms with van der Waals surface area (Å²) >= 11 is 0. The fourth-order valence-corrected chi connectivity index (χ4v) is 1.97. The number of amides is 1. The third-order valence-corrected chi connectivity index (χ3v) is 3.06. The molecule has 0 aliphatic heterocycles. The van der Waals surface area contributed by atoms with E-state index < -0.39 is 0 Å². The summed E-state index contributed by atoms with van der Waals surface area (Å²) in [7, 11) is 0. The van der Waals surface area contributed by atoms with E-state index in [4.69, 9.17) is 10.5 Å². The van der Waals surface area contributed by atoms with Gasteiger partial charge >= 0.3 is 0 Å². The van der Waals surface area contributed by atoms with E-state index in [1.165, 1.54) is 5.56 Å². The van der Waals surface area contributed by atoms with E-state index in [-0.39, 0.29) is 12.5 Å². The molecule has 2 aromatic rings. The molecule has 0 radical (unpaired) electrons. The monoisotopic (exact) mass is 284 g/mol. The van der Waals surface area contributed by atoms with Crippen LogP contribution < -0.4 is 11.1 Å². The minimum absolute atomic E-state index is 0.0552. The van der Waals surface area contributed by atoms with Gasteiger partial charge < -0.3 is 15.8 Å². The lowest BCUT2D eigenvalue weighted by atomic mass is 10.2. The molecule has 21 heavy (non-hydrogen) atoms. The molecule has 0 aliphatic carbocycles. The number of ether oxygens (including phenoxy) is 1. The molecule has 0 aliphatic rings. The SMILES string of the molecule is NCc1cccc(NC(=O)COCCc2ccccc2)c1. The first-order valence-corrected chi connectivity index (χ1v) is 6.98. The first-order valence-electron chi connectivity index (χ1n) is 6.98. The molecule has 4 heteroatoms. The lowest BCUT2D eigenvalue weighted by Gasteiger charge is -2.07. The zero-order valence-corrected chi connectivity index (χ0v) is 11.9. The van der Waals surface area contributed by atoms with E-state index in [1.807, 2.05) is 54.6 Å². The summed E-state index contributed by atoms with van der Waals surface area (Å²) < 4.78 is 5.39. The summed E-state index contributed by atoms with van der Waals surface area (Å²) in [6, 6.07) is 17.5. The third kappa shape index (κ3) is 5.38. The van der Waals surface area contributed by atoms with Gasteiger partial charge in [0.2, 0.25) is 5.91 Å². The predicted octanol–water partition coefficient (Wildman–Crippen LogP) is 2.34. The second-order valence-corrected chi connectivity index (χ2v) is 4.74. The molecule has 2 rings (SSSR count). The summed E-state index contributed by atoms with van der Waals surface area (Å²) in [4.78, 5) is 11.8. The molecular weight excluding hydrogens is 264 g/mol. The second-order valence-electron chi connectivity index (χ2n) is 4.74. The highest BCUT2D eigenvalue weighted by atomic mass is 16.5. The fraction of sp³-hybridized carbons (Fsp3) is 0.235. The Balaban J connectivity index is 1.70. The Morgan fingerprint density at radius 2 is 1.81 bits per heavy atom. The maximum Gasteiger partial charge on any atom is 0.250 e. The molecule has 0 saturated heterocycles. The largest absolute Gasteiger partial charge is 0.371 e. The lowest BCUT2D eigenvalue weighted by Crippen LogP contribution is -2.19. The van der Waals surface area contributed by atoms with Crippen LogP contribution in [0.2, 0.25) is 0 Å². The highest BCUT2D eigenvalue weighted by Crippen LogP contribution is 2.09. The van der Waals surface area contributed by atoms with Crippen molar-refractivity contribution in [2.75, 3.05) is 18.5 Å². The van der Waals surface area contributed by atoms with Crippen LogP contribution in [0.15, 0.2) is 54.6 Å². The maximum absolute atomic E-state index is 11.8. The molecule has 0 fully saturated rings. The number of hydrogen-bond donors (Lipinski definition) is 2. The average Bonchev–Trinajstić information content (AvgIpc) is 2.53. The van der Waals surface area contributed by atoms with Gasteiger partial charge in [0, 0.05) is 12.2 Å². The van der Waals surface area contributed by atoms with E-state index in [0.29, 0.717) is 13.2 Å². The molecule has 2 aromatic carbocycles. The van der Waals surface area contributed by atoms with Crippen LogP contribution in [0.5, 0.6) is 0 Å². The number of carbonyl (C=O) groups is 1. The van der Waals surface area contributed by atoms with Gasteiger partial charge in [-0.05, 0) is 29.7 Å². The van der Waals surface area contributed by atoms with Gasteiger partial charge in [-0.1, -0.05) is 42.5 Å². The smallest absolute Gasteiger partial charge is 0.250 e. The zero-order chi connectivity index (χ0) is 14.9. The molecule has 1 amide bonds. The third-order valence-electron chi connectivity index (χ3n) is 3.06. The molecule has 0 spiro atoms. The summed E-state index contributed by atoms with van der Waals surface area (Å²) in [6.45, 7) is 1.04. The molecule has 0 saturated carbocycles. The quantitative estimate of drug-likeness (QED) is 0.767. The second kappa shape index (κ2) is 8.19. The Morgan fingerprint density at radius 3 is 2.57 bits per heavy atom. The van der Waals surface area contributed by atoms with Gasteiger partial charge in [-0.25, -0.2) is 0 Å². The van der Waals surface area contributed by atoms with Gasteiger partial charge in [-0.3, -0.25) is 4.79 Å². The normalized spacial score (nSPS) is 10.3. The van der Waals surface area contributed by atoms with Gasteiger partial charge in [0.1, 0.15) is 6.61 Å². The van der Waals surface area contributed by atoms with E-state index in [0.717, 1.165) is 17.7 Å². The minimum Gasteiger partial charge on any atom is -0.371 e. The highest BCUT2D eigenvalue weighted by molar-refractivity contribution is 5.91. The minimum atomic E-state index is -0.155. The van der Waals surface area contributed by atoms with Crippen LogP contribution in [0.4, 0.5) is 5.69 Å². The Kier molecular flexibility index (Phi) is 5.94. The van der Waals surface area contributed by atoms with Crippen molar-refractivity contribution in [3.63, 3.8) is 0 Å². The van der Waals surface area contributed by atoms with Gasteiger partial charge in [-0.15, -0.1) is 0 Å². The Hall–Kier alpha value is -2.17. The molecule has 0 bridgehead atoms. The lowest BCUT2D eigenvalue weighted by molar-refractivity contribution is -0.120. The average molecular weight is 284 g/mol. The summed E-state index contributed by atoms with van der Waals surface area (Å²) in [5, 5.41) is 2.80. The zero-order valence-electron chi connectivity index (χ0n) is 11.9. The fourth-order valence-electron chi connectivity index (χ4n) is 1.97. The Morgan fingerprint density at radius 1 is 1.05 bits per heavy atom. The molecule has 0 aromatic heterocycles. The Labute approximate surface area is 124 Å². The molecule has 0 unspecified atom stereocenters. The first kappa shape index (κ1) is 15.2. The van der Waals surface area contributed by atoms with Crippen LogP contribution >= 0.6 is 0 Å². The van der Waals surface area contributed by atoms with Crippen molar-refractivity contribution in [3.05, 3.63) is 65.7 Å². The topological polar surface area (TPSA) is 64.3 Å². The van der Waals surface area contributed by atoms with Gasteiger partial charge in [-0.2, -0.15) is 0 Å². The van der Waals surface area contributed by atoms with Crippen LogP contribution in [-0.4, -0.2) is 19.1 Å². The maximum atomic E-state index is 11.8. The van der Waals surface area contributed by atoms with Crippen molar-refractivity contribution in [3.8, 4) is 0 Å². The van der Waals surface area contributed by atoms with Crippen molar-refractivity contribution in [1.29, 1.82) is 0 Å². The van der Waals surface area contributed by atoms with Crippen molar-refractivity contribution < 1.29 is 9.53 Å². The number of hydrogen-bond acceptors (Lipinski definition) is 3. The van der Waals surface area contributed by atoms with Crippen LogP contribution in [0.25, 0.3) is 0 Å². The number of nitrogens with one attached hydrogen (secondary N) is 1. The van der Waals surface area contributed by atoms with Crippen molar-refractivity contribution in [1.82, 2.24) is 0 Å². The Bertz CT molecular complexity index is 570. The van der Waals surface area contributed by atoms with E-state index >= 15 is 0 Å². The summed E-state index contributed by atoms with van der Waals surface area (Å²) in [5.74, 6) is -0.155. The number of anilines is 1. The molecule has 0 heterocycles. The van der Waals surface area contributed by atoms with Gasteiger partial charge in [0.15, 0.2) is 0 Å². The first-order chi connectivity index (χ1) is 10.3. The predicted molar refractivity (Wildman–Crippen MR) is 83.9 cm³/mol.